The van der Waals surface area contributed by atoms with Gasteiger partial charge in [-0.05, 0) is 29.7 Å². The summed E-state index contributed by atoms with van der Waals surface area (Å²) in [6, 6.07) is 15.7. The van der Waals surface area contributed by atoms with Gasteiger partial charge in [0.1, 0.15) is 11.5 Å². The molecule has 0 bridgehead atoms. The summed E-state index contributed by atoms with van der Waals surface area (Å²) in [6.45, 7) is 6.91. The highest BCUT2D eigenvalue weighted by Crippen LogP contribution is 2.20. The number of nitrogens with one attached hydrogen (secondary N) is 1. The Bertz CT molecular complexity index is 773. The van der Waals surface area contributed by atoms with E-state index in [9.17, 15) is 4.79 Å². The fourth-order valence-electron chi connectivity index (χ4n) is 3.24. The number of hydrogen-bond acceptors (Lipinski definition) is 5. The smallest absolute Gasteiger partial charge is 0.261 e. The predicted octanol–water partition coefficient (Wildman–Crippen LogP) is 3.00. The number of benzene rings is 2. The van der Waals surface area contributed by atoms with Crippen molar-refractivity contribution in [2.75, 3.05) is 33.4 Å². The number of carbonyl (C=O) groups excluding carboxylic acids is 1. The number of amides is 1. The lowest BCUT2D eigenvalue weighted by atomic mass is 10.1. The summed E-state index contributed by atoms with van der Waals surface area (Å²) >= 11 is 0. The molecule has 2 aromatic rings. The molecule has 0 radical (unpaired) electrons. The van der Waals surface area contributed by atoms with Crippen LogP contribution in [-0.4, -0.2) is 50.3 Å². The van der Waals surface area contributed by atoms with E-state index in [-0.39, 0.29) is 5.91 Å². The van der Waals surface area contributed by atoms with Gasteiger partial charge < -0.3 is 19.5 Å². The van der Waals surface area contributed by atoms with Crippen molar-refractivity contribution in [2.24, 2.45) is 0 Å². The molecule has 1 fully saturated rings. The molecule has 0 spiro atoms. The minimum atomic E-state index is -0.539. The quantitative estimate of drug-likeness (QED) is 0.704. The monoisotopic (exact) mass is 398 g/mol. The van der Waals surface area contributed by atoms with E-state index in [4.69, 9.17) is 14.2 Å². The van der Waals surface area contributed by atoms with Crippen molar-refractivity contribution in [3.63, 3.8) is 0 Å². The number of ether oxygens (including phenoxy) is 3. The summed E-state index contributed by atoms with van der Waals surface area (Å²) in [5, 5.41) is 2.98. The highest BCUT2D eigenvalue weighted by Gasteiger charge is 2.18. The molecular weight excluding hydrogens is 368 g/mol. The van der Waals surface area contributed by atoms with Gasteiger partial charge in [0.05, 0.1) is 20.3 Å². The lowest BCUT2D eigenvalue weighted by molar-refractivity contribution is -0.128. The van der Waals surface area contributed by atoms with Crippen molar-refractivity contribution in [1.82, 2.24) is 10.2 Å². The van der Waals surface area contributed by atoms with Gasteiger partial charge in [-0.15, -0.1) is 0 Å². The van der Waals surface area contributed by atoms with E-state index in [1.165, 1.54) is 5.56 Å². The summed E-state index contributed by atoms with van der Waals surface area (Å²) in [6.07, 6.45) is 0.0457. The van der Waals surface area contributed by atoms with E-state index in [0.29, 0.717) is 24.5 Å². The van der Waals surface area contributed by atoms with Crippen LogP contribution in [0.25, 0.3) is 0 Å². The fourth-order valence-corrected chi connectivity index (χ4v) is 3.24. The molecule has 6 nitrogen and oxygen atoms in total. The third kappa shape index (κ3) is 6.48. The van der Waals surface area contributed by atoms with Crippen LogP contribution in [0, 0.1) is 0 Å². The van der Waals surface area contributed by atoms with Gasteiger partial charge in [-0.2, -0.15) is 0 Å². The van der Waals surface area contributed by atoms with Crippen LogP contribution < -0.4 is 14.8 Å². The highest BCUT2D eigenvalue weighted by atomic mass is 16.5. The molecule has 0 aliphatic carbocycles. The lowest BCUT2D eigenvalue weighted by Crippen LogP contribution is -2.37. The Balaban J connectivity index is 1.49. The molecule has 1 heterocycles. The number of methoxy groups -OCH3 is 1. The summed E-state index contributed by atoms with van der Waals surface area (Å²) in [5.41, 5.74) is 2.34. The highest BCUT2D eigenvalue weighted by molar-refractivity contribution is 5.81. The second-order valence-corrected chi connectivity index (χ2v) is 7.12. The van der Waals surface area contributed by atoms with E-state index >= 15 is 0 Å². The lowest BCUT2D eigenvalue weighted by Gasteiger charge is -2.26. The van der Waals surface area contributed by atoms with E-state index in [1.807, 2.05) is 25.1 Å². The molecule has 1 amide bonds. The average Bonchev–Trinajstić information content (AvgIpc) is 2.77. The van der Waals surface area contributed by atoms with Crippen LogP contribution in [0.2, 0.25) is 0 Å². The second-order valence-electron chi connectivity index (χ2n) is 7.12. The molecule has 0 aromatic heterocycles. The van der Waals surface area contributed by atoms with Gasteiger partial charge in [0.25, 0.3) is 5.91 Å². The number of morpholine rings is 1. The van der Waals surface area contributed by atoms with Crippen molar-refractivity contribution in [3.05, 3.63) is 59.7 Å². The molecule has 2 aromatic carbocycles. The van der Waals surface area contributed by atoms with E-state index < -0.39 is 6.10 Å². The summed E-state index contributed by atoms with van der Waals surface area (Å²) in [4.78, 5) is 14.9. The van der Waals surface area contributed by atoms with Gasteiger partial charge in [0.2, 0.25) is 0 Å². The van der Waals surface area contributed by atoms with Gasteiger partial charge in [0, 0.05) is 32.2 Å². The first-order valence-electron chi connectivity index (χ1n) is 10.1. The maximum Gasteiger partial charge on any atom is 0.261 e. The first-order valence-corrected chi connectivity index (χ1v) is 10.1. The zero-order valence-corrected chi connectivity index (χ0v) is 17.2. The fraction of sp³-hybridized carbons (Fsp3) is 0.435. The first kappa shape index (κ1) is 21.1. The van der Waals surface area contributed by atoms with Gasteiger partial charge in [-0.1, -0.05) is 37.3 Å². The number of carbonyl (C=O) groups is 1. The maximum atomic E-state index is 12.6. The van der Waals surface area contributed by atoms with Gasteiger partial charge in [-0.3, -0.25) is 9.69 Å². The molecular formula is C23H30N2O4. The normalized spacial score (nSPS) is 15.5. The van der Waals surface area contributed by atoms with Crippen LogP contribution in [0.3, 0.4) is 0 Å². The van der Waals surface area contributed by atoms with Gasteiger partial charge in [-0.25, -0.2) is 0 Å². The molecule has 1 saturated heterocycles. The molecule has 0 unspecified atom stereocenters. The Labute approximate surface area is 172 Å². The Morgan fingerprint density at radius 3 is 2.48 bits per heavy atom. The summed E-state index contributed by atoms with van der Waals surface area (Å²) in [7, 11) is 1.61. The van der Waals surface area contributed by atoms with Crippen molar-refractivity contribution in [2.45, 2.75) is 32.5 Å². The van der Waals surface area contributed by atoms with Crippen molar-refractivity contribution in [3.8, 4) is 11.5 Å². The molecule has 1 N–H and O–H groups in total. The van der Waals surface area contributed by atoms with Crippen LogP contribution in [0.15, 0.2) is 48.5 Å². The standard InChI is InChI=1S/C23H30N2O4/c1-3-22(29-21-6-4-5-20(15-21)27-2)23(26)24-16-18-7-9-19(10-8-18)17-25-11-13-28-14-12-25/h4-10,15,22H,3,11-14,16-17H2,1-2H3,(H,24,26)/t22-/m0/s1. The Kier molecular flexibility index (Phi) is 7.90. The zero-order valence-electron chi connectivity index (χ0n) is 17.2. The molecule has 1 aliphatic heterocycles. The van der Waals surface area contributed by atoms with Crippen molar-refractivity contribution in [1.29, 1.82) is 0 Å². The number of hydrogen-bond donors (Lipinski definition) is 1. The third-order valence-electron chi connectivity index (χ3n) is 4.98. The summed E-state index contributed by atoms with van der Waals surface area (Å²) in [5.74, 6) is 1.21. The Hall–Kier alpha value is -2.57. The molecule has 1 aliphatic rings. The topological polar surface area (TPSA) is 60.0 Å². The van der Waals surface area contributed by atoms with Crippen LogP contribution in [0.1, 0.15) is 24.5 Å². The van der Waals surface area contributed by atoms with E-state index in [2.05, 4.69) is 34.5 Å². The van der Waals surface area contributed by atoms with Gasteiger partial charge in [0.15, 0.2) is 6.10 Å². The van der Waals surface area contributed by atoms with Gasteiger partial charge >= 0.3 is 0 Å². The van der Waals surface area contributed by atoms with Crippen molar-refractivity contribution < 1.29 is 19.0 Å². The zero-order chi connectivity index (χ0) is 20.5. The first-order chi connectivity index (χ1) is 14.2. The molecule has 3 rings (SSSR count). The van der Waals surface area contributed by atoms with Crippen LogP contribution in [0.5, 0.6) is 11.5 Å². The largest absolute Gasteiger partial charge is 0.497 e. The molecule has 156 valence electrons. The molecule has 1 atom stereocenters. The molecule has 29 heavy (non-hydrogen) atoms. The maximum absolute atomic E-state index is 12.6. The number of nitrogens with zero attached hydrogens (tertiary/aromatic N) is 1. The number of rotatable bonds is 9. The minimum Gasteiger partial charge on any atom is -0.497 e. The van der Waals surface area contributed by atoms with E-state index in [1.54, 1.807) is 13.2 Å². The minimum absolute atomic E-state index is 0.118. The van der Waals surface area contributed by atoms with Crippen LogP contribution in [0.4, 0.5) is 0 Å². The Morgan fingerprint density at radius 2 is 1.79 bits per heavy atom. The molecule has 0 saturated carbocycles. The second kappa shape index (κ2) is 10.8. The van der Waals surface area contributed by atoms with Crippen LogP contribution in [-0.2, 0) is 22.6 Å². The van der Waals surface area contributed by atoms with Crippen LogP contribution >= 0.6 is 0 Å². The third-order valence-corrected chi connectivity index (χ3v) is 4.98. The summed E-state index contributed by atoms with van der Waals surface area (Å²) < 4.78 is 16.4. The van der Waals surface area contributed by atoms with E-state index in [0.717, 1.165) is 38.4 Å². The predicted molar refractivity (Wildman–Crippen MR) is 112 cm³/mol. The van der Waals surface area contributed by atoms with Crippen molar-refractivity contribution >= 4 is 5.91 Å². The Morgan fingerprint density at radius 1 is 1.10 bits per heavy atom. The SMILES string of the molecule is CC[C@H](Oc1cccc(OC)c1)C(=O)NCc1ccc(CN2CCOCC2)cc1. The average molecular weight is 399 g/mol. The molecule has 6 heteroatoms.